The average Bonchev–Trinajstić information content (AvgIpc) is 3.35. The Bertz CT molecular complexity index is 1430. The van der Waals surface area contributed by atoms with E-state index in [4.69, 9.17) is 9.47 Å². The molecule has 11 heteroatoms. The monoisotopic (exact) mass is 523 g/mol. The lowest BCUT2D eigenvalue weighted by atomic mass is 10.1. The molecule has 1 amide bonds. The summed E-state index contributed by atoms with van der Waals surface area (Å²) in [5.41, 5.74) is 0.996. The van der Waals surface area contributed by atoms with Crippen molar-refractivity contribution >= 4 is 39.4 Å². The van der Waals surface area contributed by atoms with Gasteiger partial charge >= 0.3 is 0 Å². The third-order valence-electron chi connectivity index (χ3n) is 6.17. The predicted molar refractivity (Wildman–Crippen MR) is 138 cm³/mol. The van der Waals surface area contributed by atoms with Crippen LogP contribution in [0.4, 0.5) is 10.1 Å². The first-order chi connectivity index (χ1) is 18.0. The van der Waals surface area contributed by atoms with Crippen molar-refractivity contribution in [3.8, 4) is 21.9 Å². The number of pyridine rings is 1. The van der Waals surface area contributed by atoms with Gasteiger partial charge in [-0.05, 0) is 31.0 Å². The summed E-state index contributed by atoms with van der Waals surface area (Å²) in [6.07, 6.45) is 7.09. The quantitative estimate of drug-likeness (QED) is 0.162. The van der Waals surface area contributed by atoms with Gasteiger partial charge in [-0.1, -0.05) is 0 Å². The standard InChI is InChI=1S/C26H26FN5O4S/c1-35-11-9-28-8-10-32-15-17(14-30-32)23-13-20-24(37-23)22(4-7-29-20)36-21-3-2-18(12-19(21)27)31-25(34)26(16-33)5-6-26/h2-4,7,12-16,28H,5-6,8-11H2,1H3,(H,31,34). The molecular formula is C26H26FN5O4S. The molecule has 0 radical (unpaired) electrons. The summed E-state index contributed by atoms with van der Waals surface area (Å²) in [5.74, 6) is -0.547. The highest BCUT2D eigenvalue weighted by molar-refractivity contribution is 7.22. The normalized spacial score (nSPS) is 14.0. The van der Waals surface area contributed by atoms with Crippen molar-refractivity contribution in [2.45, 2.75) is 19.4 Å². The smallest absolute Gasteiger partial charge is 0.237 e. The number of anilines is 1. The van der Waals surface area contributed by atoms with Crippen LogP contribution in [0.25, 0.3) is 20.7 Å². The fourth-order valence-electron chi connectivity index (χ4n) is 3.81. The number of hydrogen-bond donors (Lipinski definition) is 2. The van der Waals surface area contributed by atoms with Crippen molar-refractivity contribution in [1.82, 2.24) is 20.1 Å². The Hall–Kier alpha value is -3.67. The van der Waals surface area contributed by atoms with Crippen LogP contribution in [0.15, 0.2) is 48.9 Å². The van der Waals surface area contributed by atoms with Crippen molar-refractivity contribution < 1.29 is 23.5 Å². The van der Waals surface area contributed by atoms with Crippen molar-refractivity contribution in [3.63, 3.8) is 0 Å². The second-order valence-corrected chi connectivity index (χ2v) is 9.90. The van der Waals surface area contributed by atoms with Crippen molar-refractivity contribution in [3.05, 3.63) is 54.7 Å². The van der Waals surface area contributed by atoms with E-state index in [9.17, 15) is 14.0 Å². The topological polar surface area (TPSA) is 107 Å². The van der Waals surface area contributed by atoms with Crippen molar-refractivity contribution in [2.75, 3.05) is 32.1 Å². The summed E-state index contributed by atoms with van der Waals surface area (Å²) in [4.78, 5) is 28.8. The molecule has 3 aromatic heterocycles. The van der Waals surface area contributed by atoms with Crippen LogP contribution in [0.2, 0.25) is 0 Å². The Kier molecular flexibility index (Phi) is 7.26. The number of aldehydes is 1. The average molecular weight is 524 g/mol. The summed E-state index contributed by atoms with van der Waals surface area (Å²) in [7, 11) is 1.67. The van der Waals surface area contributed by atoms with Gasteiger partial charge in [0.1, 0.15) is 17.5 Å². The zero-order valence-corrected chi connectivity index (χ0v) is 21.0. The molecule has 0 saturated heterocycles. The van der Waals surface area contributed by atoms with E-state index >= 15 is 0 Å². The van der Waals surface area contributed by atoms with E-state index in [0.717, 1.165) is 40.3 Å². The van der Waals surface area contributed by atoms with Crippen LogP contribution in [0.5, 0.6) is 11.5 Å². The number of amides is 1. The zero-order chi connectivity index (χ0) is 25.8. The minimum Gasteiger partial charge on any atom is -0.453 e. The summed E-state index contributed by atoms with van der Waals surface area (Å²) in [6, 6.07) is 7.84. The zero-order valence-electron chi connectivity index (χ0n) is 20.2. The Morgan fingerprint density at radius 3 is 2.86 bits per heavy atom. The first kappa shape index (κ1) is 25.0. The first-order valence-corrected chi connectivity index (χ1v) is 12.7. The third-order valence-corrected chi connectivity index (χ3v) is 7.36. The second kappa shape index (κ2) is 10.8. The molecule has 37 heavy (non-hydrogen) atoms. The molecule has 1 aliphatic rings. The highest BCUT2D eigenvalue weighted by atomic mass is 32.1. The number of hydrogen-bond acceptors (Lipinski definition) is 8. The number of methoxy groups -OCH3 is 1. The van der Waals surface area contributed by atoms with Crippen molar-refractivity contribution in [1.29, 1.82) is 0 Å². The molecular weight excluding hydrogens is 497 g/mol. The lowest BCUT2D eigenvalue weighted by Crippen LogP contribution is -2.25. The Labute approximate surface area is 216 Å². The van der Waals surface area contributed by atoms with E-state index in [-0.39, 0.29) is 11.4 Å². The highest BCUT2D eigenvalue weighted by Crippen LogP contribution is 2.44. The van der Waals surface area contributed by atoms with E-state index in [1.807, 2.05) is 23.1 Å². The Morgan fingerprint density at radius 2 is 2.11 bits per heavy atom. The van der Waals surface area contributed by atoms with Crippen LogP contribution in [-0.4, -0.2) is 53.8 Å². The number of thiophene rings is 1. The van der Waals surface area contributed by atoms with Gasteiger partial charge in [0.25, 0.3) is 0 Å². The first-order valence-electron chi connectivity index (χ1n) is 11.9. The van der Waals surface area contributed by atoms with Crippen molar-refractivity contribution in [2.24, 2.45) is 5.41 Å². The molecule has 0 bridgehead atoms. The summed E-state index contributed by atoms with van der Waals surface area (Å²) >= 11 is 1.49. The molecule has 4 aromatic rings. The number of nitrogens with one attached hydrogen (secondary N) is 2. The van der Waals surface area contributed by atoms with E-state index in [0.29, 0.717) is 31.5 Å². The number of ether oxygens (including phenoxy) is 2. The number of carbonyl (C=O) groups excluding carboxylic acids is 2. The van der Waals surface area contributed by atoms with Gasteiger partial charge in [-0.15, -0.1) is 11.3 Å². The summed E-state index contributed by atoms with van der Waals surface area (Å²) in [5, 5.41) is 10.3. The number of fused-ring (bicyclic) bond motifs is 1. The molecule has 9 nitrogen and oxygen atoms in total. The van der Waals surface area contributed by atoms with E-state index in [1.54, 1.807) is 25.4 Å². The largest absolute Gasteiger partial charge is 0.453 e. The maximum atomic E-state index is 14.8. The molecule has 2 N–H and O–H groups in total. The predicted octanol–water partition coefficient (Wildman–Crippen LogP) is 4.24. The molecule has 1 aliphatic carbocycles. The number of carbonyl (C=O) groups is 2. The third kappa shape index (κ3) is 5.53. The highest BCUT2D eigenvalue weighted by Gasteiger charge is 2.50. The van der Waals surface area contributed by atoms with Gasteiger partial charge in [0, 0.05) is 60.9 Å². The Morgan fingerprint density at radius 1 is 1.24 bits per heavy atom. The molecule has 0 unspecified atom stereocenters. The number of nitrogens with zero attached hydrogens (tertiary/aromatic N) is 3. The van der Waals surface area contributed by atoms with Crippen LogP contribution in [-0.2, 0) is 20.9 Å². The van der Waals surface area contributed by atoms with Gasteiger partial charge in [-0.25, -0.2) is 4.39 Å². The van der Waals surface area contributed by atoms with Crippen LogP contribution < -0.4 is 15.4 Å². The number of halogens is 1. The van der Waals surface area contributed by atoms with Gasteiger partial charge in [0.15, 0.2) is 11.6 Å². The molecule has 0 atom stereocenters. The van der Waals surface area contributed by atoms with Gasteiger partial charge in [-0.3, -0.25) is 14.5 Å². The van der Waals surface area contributed by atoms with Gasteiger partial charge in [0.2, 0.25) is 5.91 Å². The summed E-state index contributed by atoms with van der Waals surface area (Å²) in [6.45, 7) is 2.96. The fraction of sp³-hybridized carbons (Fsp3) is 0.308. The van der Waals surface area contributed by atoms with E-state index in [1.165, 1.54) is 23.5 Å². The lowest BCUT2D eigenvalue weighted by molar-refractivity contribution is -0.126. The maximum Gasteiger partial charge on any atom is 0.237 e. The molecule has 5 rings (SSSR count). The van der Waals surface area contributed by atoms with Crippen LogP contribution in [0.1, 0.15) is 12.8 Å². The van der Waals surface area contributed by atoms with Crippen LogP contribution in [0, 0.1) is 11.2 Å². The molecule has 0 aliphatic heterocycles. The van der Waals surface area contributed by atoms with E-state index < -0.39 is 17.1 Å². The minimum absolute atomic E-state index is 0.0192. The maximum absolute atomic E-state index is 14.8. The SMILES string of the molecule is COCCNCCn1cc(-c2cc3nccc(Oc4ccc(NC(=O)C5(C=O)CC5)cc4F)c3s2)cn1. The summed E-state index contributed by atoms with van der Waals surface area (Å²) < 4.78 is 28.4. The van der Waals surface area contributed by atoms with Crippen LogP contribution in [0.3, 0.4) is 0 Å². The number of benzene rings is 1. The molecule has 1 fully saturated rings. The lowest BCUT2D eigenvalue weighted by Gasteiger charge is -2.11. The molecule has 1 saturated carbocycles. The van der Waals surface area contributed by atoms with Crippen LogP contribution >= 0.6 is 11.3 Å². The Balaban J connectivity index is 1.29. The molecule has 192 valence electrons. The minimum atomic E-state index is -0.970. The molecule has 3 heterocycles. The van der Waals surface area contributed by atoms with E-state index in [2.05, 4.69) is 20.7 Å². The molecule has 0 spiro atoms. The number of rotatable bonds is 12. The van der Waals surface area contributed by atoms with Gasteiger partial charge in [-0.2, -0.15) is 5.10 Å². The second-order valence-electron chi connectivity index (χ2n) is 8.84. The van der Waals surface area contributed by atoms with Gasteiger partial charge in [0.05, 0.1) is 29.6 Å². The molecule has 1 aromatic carbocycles. The van der Waals surface area contributed by atoms with Gasteiger partial charge < -0.3 is 24.9 Å². The fourth-order valence-corrected chi connectivity index (χ4v) is 4.85. The number of aromatic nitrogens is 3.